The average molecular weight is 332 g/mol. The fourth-order valence-electron chi connectivity index (χ4n) is 1.15. The Morgan fingerprint density at radius 2 is 2.07 bits per heavy atom. The molecule has 2 atom stereocenters. The highest BCUT2D eigenvalue weighted by Gasteiger charge is 2.20. The molecule has 3 nitrogen and oxygen atoms in total. The Bertz CT molecular complexity index is 173. The fraction of sp³-hybridized carbons (Fsp3) is 0.889. The molecule has 0 fully saturated rings. The van der Waals surface area contributed by atoms with E-state index in [-0.39, 0.29) is 15.8 Å². The lowest BCUT2D eigenvalue weighted by Crippen LogP contribution is -2.26. The Balaban J connectivity index is 4.01. The Morgan fingerprint density at radius 3 is 2.43 bits per heavy atom. The van der Waals surface area contributed by atoms with Gasteiger partial charge in [-0.3, -0.25) is 4.79 Å². The van der Waals surface area contributed by atoms with Gasteiger partial charge < -0.3 is 9.84 Å². The molecule has 0 spiro atoms. The summed E-state index contributed by atoms with van der Waals surface area (Å²) in [5, 5.41) is 9.55. The van der Waals surface area contributed by atoms with E-state index in [2.05, 4.69) is 31.9 Å². The summed E-state index contributed by atoms with van der Waals surface area (Å²) < 4.78 is 4.91. The number of esters is 1. The van der Waals surface area contributed by atoms with Crippen LogP contribution in [0.4, 0.5) is 0 Å². The lowest BCUT2D eigenvalue weighted by molar-refractivity contribution is -0.147. The molecule has 0 aromatic rings. The van der Waals surface area contributed by atoms with Crippen LogP contribution in [-0.2, 0) is 9.53 Å². The summed E-state index contributed by atoms with van der Waals surface area (Å²) in [6, 6.07) is 0. The maximum atomic E-state index is 10.8. The lowest BCUT2D eigenvalue weighted by Gasteiger charge is -2.20. The quantitative estimate of drug-likeness (QED) is 0.601. The highest BCUT2D eigenvalue weighted by atomic mass is 79.9. The summed E-state index contributed by atoms with van der Waals surface area (Å²) in [7, 11) is 0. The van der Waals surface area contributed by atoms with Crippen LogP contribution in [0.15, 0.2) is 0 Å². The number of aliphatic hydroxyl groups excluding tert-OH is 1. The third-order valence-electron chi connectivity index (χ3n) is 1.74. The molecule has 0 amide bonds. The molecule has 0 aliphatic carbocycles. The number of ether oxygens (including phenoxy) is 1. The number of rotatable bonds is 6. The van der Waals surface area contributed by atoms with Gasteiger partial charge in [-0.1, -0.05) is 45.2 Å². The number of carbonyl (C=O) groups is 1. The zero-order valence-electron chi connectivity index (χ0n) is 8.37. The number of carbonyl (C=O) groups excluding carboxylic acids is 1. The normalized spacial score (nSPS) is 15.3. The molecule has 84 valence electrons. The van der Waals surface area contributed by atoms with E-state index in [1.54, 1.807) is 0 Å². The average Bonchev–Trinajstić information content (AvgIpc) is 2.02. The van der Waals surface area contributed by atoms with Crippen molar-refractivity contribution in [2.45, 2.75) is 49.1 Å². The molecular formula is C9H16Br2O3. The van der Waals surface area contributed by atoms with Gasteiger partial charge in [0.2, 0.25) is 0 Å². The van der Waals surface area contributed by atoms with Gasteiger partial charge in [-0.15, -0.1) is 0 Å². The lowest BCUT2D eigenvalue weighted by atomic mass is 10.1. The molecule has 14 heavy (non-hydrogen) atoms. The topological polar surface area (TPSA) is 46.5 Å². The minimum Gasteiger partial charge on any atom is -0.462 e. The summed E-state index contributed by atoms with van der Waals surface area (Å²) in [6.45, 7) is 3.40. The Hall–Kier alpha value is 0.390. The summed E-state index contributed by atoms with van der Waals surface area (Å²) in [4.78, 5) is 10.8. The molecule has 0 radical (unpaired) electrons. The van der Waals surface area contributed by atoms with Crippen molar-refractivity contribution in [2.24, 2.45) is 0 Å². The van der Waals surface area contributed by atoms with Crippen molar-refractivity contribution in [2.75, 3.05) is 0 Å². The molecule has 0 aromatic heterocycles. The van der Waals surface area contributed by atoms with E-state index >= 15 is 0 Å². The van der Waals surface area contributed by atoms with Crippen molar-refractivity contribution in [3.63, 3.8) is 0 Å². The largest absolute Gasteiger partial charge is 0.462 e. The zero-order chi connectivity index (χ0) is 11.1. The van der Waals surface area contributed by atoms with Gasteiger partial charge in [-0.2, -0.15) is 0 Å². The number of alkyl halides is 2. The van der Waals surface area contributed by atoms with Crippen molar-refractivity contribution in [3.8, 4) is 0 Å². The van der Waals surface area contributed by atoms with E-state index < -0.39 is 6.10 Å². The molecule has 0 rings (SSSR count). The van der Waals surface area contributed by atoms with Gasteiger partial charge in [0.05, 0.1) is 9.84 Å². The van der Waals surface area contributed by atoms with Crippen molar-refractivity contribution in [3.05, 3.63) is 0 Å². The Labute approximate surface area is 101 Å². The molecule has 0 aliphatic heterocycles. The third-order valence-corrected chi connectivity index (χ3v) is 2.96. The molecule has 5 heteroatoms. The predicted molar refractivity (Wildman–Crippen MR) is 62.7 cm³/mol. The van der Waals surface area contributed by atoms with Gasteiger partial charge in [-0.05, 0) is 6.42 Å². The maximum Gasteiger partial charge on any atom is 0.302 e. The van der Waals surface area contributed by atoms with Gasteiger partial charge in [0, 0.05) is 13.3 Å². The minimum atomic E-state index is -0.550. The van der Waals surface area contributed by atoms with E-state index in [0.29, 0.717) is 6.42 Å². The van der Waals surface area contributed by atoms with E-state index in [1.807, 2.05) is 6.92 Å². The van der Waals surface area contributed by atoms with Crippen LogP contribution >= 0.6 is 31.9 Å². The van der Waals surface area contributed by atoms with E-state index in [0.717, 1.165) is 12.8 Å². The first-order valence-corrected chi connectivity index (χ1v) is 6.44. The van der Waals surface area contributed by atoms with Crippen molar-refractivity contribution < 1.29 is 14.6 Å². The van der Waals surface area contributed by atoms with E-state index in [1.165, 1.54) is 6.92 Å². The van der Waals surface area contributed by atoms with Crippen LogP contribution < -0.4 is 0 Å². The molecular weight excluding hydrogens is 316 g/mol. The first-order chi connectivity index (χ1) is 6.47. The monoisotopic (exact) mass is 330 g/mol. The maximum absolute atomic E-state index is 10.8. The van der Waals surface area contributed by atoms with Crippen LogP contribution in [0.1, 0.15) is 33.1 Å². The van der Waals surface area contributed by atoms with Crippen LogP contribution in [0.2, 0.25) is 0 Å². The fourth-order valence-corrected chi connectivity index (χ4v) is 1.59. The number of hydrogen-bond donors (Lipinski definition) is 1. The highest BCUT2D eigenvalue weighted by Crippen LogP contribution is 2.20. The van der Waals surface area contributed by atoms with Crippen LogP contribution in [0.5, 0.6) is 0 Å². The standard InChI is InChI=1S/C9H16Br2O3/c1-3-4-7(14-6(2)12)5-8(13)9(10)11/h7-9,13H,3-5H2,1-2H3. The minimum absolute atomic E-state index is 0.162. The summed E-state index contributed by atoms with van der Waals surface area (Å²) >= 11 is 6.42. The van der Waals surface area contributed by atoms with Gasteiger partial charge in [0.15, 0.2) is 0 Å². The molecule has 1 N–H and O–H groups in total. The summed E-state index contributed by atoms with van der Waals surface area (Å²) in [6.07, 6.45) is 1.42. The number of hydrogen-bond acceptors (Lipinski definition) is 3. The van der Waals surface area contributed by atoms with Crippen LogP contribution in [0, 0.1) is 0 Å². The van der Waals surface area contributed by atoms with Gasteiger partial charge >= 0.3 is 5.97 Å². The second-order valence-electron chi connectivity index (χ2n) is 3.16. The van der Waals surface area contributed by atoms with Crippen LogP contribution in [0.3, 0.4) is 0 Å². The van der Waals surface area contributed by atoms with Gasteiger partial charge in [0.25, 0.3) is 0 Å². The van der Waals surface area contributed by atoms with Crippen molar-refractivity contribution in [1.29, 1.82) is 0 Å². The number of aliphatic hydroxyl groups is 1. The summed E-state index contributed by atoms with van der Waals surface area (Å²) in [5.74, 6) is -0.295. The first kappa shape index (κ1) is 14.4. The molecule has 0 saturated heterocycles. The first-order valence-electron chi connectivity index (χ1n) is 4.60. The van der Waals surface area contributed by atoms with E-state index in [4.69, 9.17) is 4.74 Å². The van der Waals surface area contributed by atoms with Gasteiger partial charge in [0.1, 0.15) is 6.10 Å². The van der Waals surface area contributed by atoms with Gasteiger partial charge in [-0.25, -0.2) is 0 Å². The summed E-state index contributed by atoms with van der Waals surface area (Å²) in [5.41, 5.74) is 0. The van der Waals surface area contributed by atoms with Crippen LogP contribution in [0.25, 0.3) is 0 Å². The molecule has 2 unspecified atom stereocenters. The molecule has 0 heterocycles. The highest BCUT2D eigenvalue weighted by molar-refractivity contribution is 9.24. The Kier molecular flexibility index (Phi) is 7.86. The second kappa shape index (κ2) is 7.65. The molecule has 0 saturated carbocycles. The smallest absolute Gasteiger partial charge is 0.302 e. The SMILES string of the molecule is CCCC(CC(O)C(Br)Br)OC(C)=O. The Morgan fingerprint density at radius 1 is 1.50 bits per heavy atom. The predicted octanol–water partition coefficient (Wildman–Crippen LogP) is 2.59. The second-order valence-corrected chi connectivity index (χ2v) is 6.36. The molecule has 0 aromatic carbocycles. The zero-order valence-corrected chi connectivity index (χ0v) is 11.5. The molecule has 0 aliphatic rings. The number of halogens is 2. The van der Waals surface area contributed by atoms with Crippen molar-refractivity contribution in [1.82, 2.24) is 0 Å². The molecule has 0 bridgehead atoms. The van der Waals surface area contributed by atoms with Crippen LogP contribution in [-0.4, -0.2) is 27.0 Å². The van der Waals surface area contributed by atoms with E-state index in [9.17, 15) is 9.90 Å². The van der Waals surface area contributed by atoms with Crippen molar-refractivity contribution >= 4 is 37.8 Å². The third kappa shape index (κ3) is 6.79.